The van der Waals surface area contributed by atoms with Crippen LogP contribution < -0.4 is 0 Å². The number of hydrogen-bond acceptors (Lipinski definition) is 3. The molecule has 2 atom stereocenters. The molecular weight excluding hydrogens is 264 g/mol. The molecule has 1 amide bonds. The maximum Gasteiger partial charge on any atom is 0.259 e. The minimum Gasteiger partial charge on any atom is -0.361 e. The number of carbonyl (C=O) groups is 1. The van der Waals surface area contributed by atoms with E-state index in [1.165, 1.54) is 25.7 Å². The second-order valence-electron chi connectivity index (χ2n) is 7.13. The van der Waals surface area contributed by atoms with E-state index in [-0.39, 0.29) is 5.91 Å². The zero-order valence-corrected chi connectivity index (χ0v) is 12.8. The van der Waals surface area contributed by atoms with Gasteiger partial charge in [-0.25, -0.2) is 0 Å². The van der Waals surface area contributed by atoms with Crippen molar-refractivity contribution in [2.75, 3.05) is 13.1 Å². The van der Waals surface area contributed by atoms with Gasteiger partial charge in [-0.3, -0.25) is 4.79 Å². The van der Waals surface area contributed by atoms with Crippen LogP contribution in [0, 0.1) is 23.7 Å². The molecule has 1 aromatic rings. The van der Waals surface area contributed by atoms with E-state index in [0.717, 1.165) is 55.4 Å². The Kier molecular flexibility index (Phi) is 3.27. The number of carbonyl (C=O) groups excluding carboxylic acids is 1. The Morgan fingerprint density at radius 3 is 2.43 bits per heavy atom. The number of aryl methyl sites for hydroxylation is 1. The van der Waals surface area contributed by atoms with Crippen LogP contribution in [-0.2, 0) is 6.42 Å². The number of fused-ring (bicyclic) bond motifs is 2. The van der Waals surface area contributed by atoms with Crippen LogP contribution in [-0.4, -0.2) is 29.1 Å². The van der Waals surface area contributed by atoms with Crippen molar-refractivity contribution in [3.8, 4) is 0 Å². The summed E-state index contributed by atoms with van der Waals surface area (Å²) >= 11 is 0. The van der Waals surface area contributed by atoms with Gasteiger partial charge in [0.2, 0.25) is 0 Å². The van der Waals surface area contributed by atoms with Gasteiger partial charge in [0.05, 0.1) is 6.20 Å². The van der Waals surface area contributed by atoms with E-state index in [9.17, 15) is 4.79 Å². The number of rotatable bonds is 3. The first-order valence-corrected chi connectivity index (χ1v) is 8.50. The van der Waals surface area contributed by atoms with Crippen molar-refractivity contribution in [1.29, 1.82) is 0 Å². The highest BCUT2D eigenvalue weighted by Gasteiger charge is 2.49. The number of hydrogen-bond donors (Lipinski definition) is 0. The fourth-order valence-electron chi connectivity index (χ4n) is 5.03. The maximum absolute atomic E-state index is 12.8. The molecule has 4 aliphatic rings. The molecule has 0 spiro atoms. The summed E-state index contributed by atoms with van der Waals surface area (Å²) in [7, 11) is 0. The van der Waals surface area contributed by atoms with Gasteiger partial charge in [0.25, 0.3) is 5.91 Å². The molecule has 0 unspecified atom stereocenters. The van der Waals surface area contributed by atoms with E-state index in [4.69, 9.17) is 4.52 Å². The van der Waals surface area contributed by atoms with E-state index in [0.29, 0.717) is 5.56 Å². The van der Waals surface area contributed by atoms with Gasteiger partial charge in [-0.05, 0) is 55.8 Å². The van der Waals surface area contributed by atoms with Crippen LogP contribution in [0.2, 0.25) is 0 Å². The molecule has 0 N–H and O–H groups in total. The lowest BCUT2D eigenvalue weighted by molar-refractivity contribution is 0.0577. The Morgan fingerprint density at radius 2 is 1.86 bits per heavy atom. The van der Waals surface area contributed by atoms with Crippen LogP contribution in [0.3, 0.4) is 0 Å². The highest BCUT2D eigenvalue weighted by molar-refractivity contribution is 5.95. The van der Waals surface area contributed by atoms with Gasteiger partial charge in [0.1, 0.15) is 11.3 Å². The predicted molar refractivity (Wildman–Crippen MR) is 78.8 cm³/mol. The monoisotopic (exact) mass is 288 g/mol. The largest absolute Gasteiger partial charge is 0.361 e. The second kappa shape index (κ2) is 5.15. The van der Waals surface area contributed by atoms with Gasteiger partial charge >= 0.3 is 0 Å². The fourth-order valence-corrected chi connectivity index (χ4v) is 5.03. The molecule has 3 aliphatic carbocycles. The van der Waals surface area contributed by atoms with Crippen LogP contribution in [0.1, 0.15) is 55.1 Å². The Morgan fingerprint density at radius 1 is 1.24 bits per heavy atom. The highest BCUT2D eigenvalue weighted by atomic mass is 16.5. The molecule has 21 heavy (non-hydrogen) atoms. The molecule has 2 heterocycles. The van der Waals surface area contributed by atoms with E-state index in [1.807, 2.05) is 0 Å². The van der Waals surface area contributed by atoms with E-state index >= 15 is 0 Å². The molecule has 3 saturated carbocycles. The molecule has 5 rings (SSSR count). The van der Waals surface area contributed by atoms with Gasteiger partial charge in [0, 0.05) is 19.5 Å². The minimum atomic E-state index is 0.147. The van der Waals surface area contributed by atoms with Crippen molar-refractivity contribution in [2.24, 2.45) is 23.7 Å². The van der Waals surface area contributed by atoms with Crippen LogP contribution in [0.5, 0.6) is 0 Å². The summed E-state index contributed by atoms with van der Waals surface area (Å²) in [5, 5.41) is 3.84. The fraction of sp³-hybridized carbons (Fsp3) is 0.765. The van der Waals surface area contributed by atoms with Crippen molar-refractivity contribution < 1.29 is 9.32 Å². The zero-order chi connectivity index (χ0) is 14.4. The van der Waals surface area contributed by atoms with Crippen molar-refractivity contribution in [3.05, 3.63) is 17.5 Å². The predicted octanol–water partition coefficient (Wildman–Crippen LogP) is 3.14. The molecule has 4 nitrogen and oxygen atoms in total. The Balaban J connectivity index is 1.52. The third kappa shape index (κ3) is 2.11. The molecule has 4 fully saturated rings. The summed E-state index contributed by atoms with van der Waals surface area (Å²) in [5.41, 5.74) is 0.697. The summed E-state index contributed by atoms with van der Waals surface area (Å²) < 4.78 is 5.26. The number of amides is 1. The van der Waals surface area contributed by atoms with Gasteiger partial charge in [-0.1, -0.05) is 12.1 Å². The molecule has 0 aromatic carbocycles. The third-order valence-electron chi connectivity index (χ3n) is 6.08. The average Bonchev–Trinajstić information content (AvgIpc) is 3.15. The van der Waals surface area contributed by atoms with Gasteiger partial charge in [-0.15, -0.1) is 0 Å². The Hall–Kier alpha value is -1.32. The normalized spacial score (nSPS) is 34.2. The first-order chi connectivity index (χ1) is 10.3. The van der Waals surface area contributed by atoms with E-state index < -0.39 is 0 Å². The maximum atomic E-state index is 12.8. The molecule has 1 aliphatic heterocycles. The average molecular weight is 288 g/mol. The quantitative estimate of drug-likeness (QED) is 0.858. The lowest BCUT2D eigenvalue weighted by atomic mass is 9.60. The van der Waals surface area contributed by atoms with Gasteiger partial charge in [-0.2, -0.15) is 0 Å². The van der Waals surface area contributed by atoms with Crippen LogP contribution in [0.15, 0.2) is 10.7 Å². The van der Waals surface area contributed by atoms with Gasteiger partial charge < -0.3 is 9.42 Å². The minimum absolute atomic E-state index is 0.147. The molecule has 1 aromatic heterocycles. The second-order valence-corrected chi connectivity index (χ2v) is 7.13. The Labute approximate surface area is 125 Å². The van der Waals surface area contributed by atoms with Crippen molar-refractivity contribution in [2.45, 2.75) is 45.4 Å². The van der Waals surface area contributed by atoms with Crippen LogP contribution in [0.4, 0.5) is 0 Å². The van der Waals surface area contributed by atoms with E-state index in [1.54, 1.807) is 6.20 Å². The van der Waals surface area contributed by atoms with Crippen molar-refractivity contribution in [1.82, 2.24) is 10.1 Å². The zero-order valence-electron chi connectivity index (χ0n) is 12.8. The summed E-state index contributed by atoms with van der Waals surface area (Å²) in [6, 6.07) is 0. The smallest absolute Gasteiger partial charge is 0.259 e. The lowest BCUT2D eigenvalue weighted by Crippen LogP contribution is -2.38. The van der Waals surface area contributed by atoms with Crippen molar-refractivity contribution in [3.63, 3.8) is 0 Å². The number of nitrogens with zero attached hydrogens (tertiary/aromatic N) is 2. The molecule has 114 valence electrons. The first-order valence-electron chi connectivity index (χ1n) is 8.50. The lowest BCUT2D eigenvalue weighted by Gasteiger charge is -2.44. The Bertz CT molecular complexity index is 511. The summed E-state index contributed by atoms with van der Waals surface area (Å²) in [6.45, 7) is 4.02. The standard InChI is InChI=1S/C17H24N2O2/c1-2-3-16-13(8-18-21-16)17(20)19-9-14-11-4-5-12(7-6-11)15(14)10-19/h8,11-12,14-15H,2-7,9-10H2,1H3/t11?,12?,14-,15+. The van der Waals surface area contributed by atoms with Crippen molar-refractivity contribution >= 4 is 5.91 Å². The van der Waals surface area contributed by atoms with Crippen LogP contribution >= 0.6 is 0 Å². The number of likely N-dealkylation sites (tertiary alicyclic amines) is 1. The molecule has 2 bridgehead atoms. The van der Waals surface area contributed by atoms with Crippen LogP contribution in [0.25, 0.3) is 0 Å². The molecule has 0 radical (unpaired) electrons. The molecule has 4 heteroatoms. The van der Waals surface area contributed by atoms with E-state index in [2.05, 4.69) is 17.0 Å². The SMILES string of the molecule is CCCc1oncc1C(=O)N1C[C@@H]2C3CCC(CC3)[C@@H]2C1. The molecular formula is C17H24N2O2. The topological polar surface area (TPSA) is 46.3 Å². The third-order valence-corrected chi connectivity index (χ3v) is 6.08. The number of aromatic nitrogens is 1. The highest BCUT2D eigenvalue weighted by Crippen LogP contribution is 2.51. The summed E-state index contributed by atoms with van der Waals surface area (Å²) in [5.74, 6) is 4.17. The summed E-state index contributed by atoms with van der Waals surface area (Å²) in [4.78, 5) is 14.9. The van der Waals surface area contributed by atoms with Gasteiger partial charge in [0.15, 0.2) is 0 Å². The summed E-state index contributed by atoms with van der Waals surface area (Å²) in [6.07, 6.45) is 8.96. The molecule has 1 saturated heterocycles. The first kappa shape index (κ1) is 13.4.